The average molecular weight is 196 g/mol. The highest BCUT2D eigenvalue weighted by Crippen LogP contribution is 2.18. The van der Waals surface area contributed by atoms with E-state index in [4.69, 9.17) is 5.11 Å². The van der Waals surface area contributed by atoms with Crippen molar-refractivity contribution in [1.82, 2.24) is 0 Å². The third-order valence-corrected chi connectivity index (χ3v) is 2.45. The number of Topliss-reactive ketones (excluding diaryl/α,β-unsaturated/α-hetero) is 1. The van der Waals surface area contributed by atoms with Crippen molar-refractivity contribution in [3.8, 4) is 0 Å². The molecule has 0 aliphatic rings. The monoisotopic (exact) mass is 196 g/mol. The van der Waals surface area contributed by atoms with E-state index in [1.807, 2.05) is 0 Å². The van der Waals surface area contributed by atoms with Gasteiger partial charge in [0.05, 0.1) is 4.88 Å². The number of hydrogen-bond donors (Lipinski definition) is 1. The van der Waals surface area contributed by atoms with Gasteiger partial charge in [0.25, 0.3) is 0 Å². The normalized spacial score (nSPS) is 10.5. The van der Waals surface area contributed by atoms with Crippen LogP contribution >= 0.6 is 11.3 Å². The second kappa shape index (κ2) is 4.00. The van der Waals surface area contributed by atoms with E-state index in [-0.39, 0.29) is 5.78 Å². The Hall–Kier alpha value is -1.42. The number of hydrogen-bond acceptors (Lipinski definition) is 3. The van der Waals surface area contributed by atoms with Gasteiger partial charge >= 0.3 is 5.97 Å². The number of carboxylic acids is 1. The molecule has 0 saturated heterocycles. The van der Waals surface area contributed by atoms with Crippen LogP contribution in [-0.2, 0) is 4.79 Å². The van der Waals surface area contributed by atoms with Gasteiger partial charge in [0.1, 0.15) is 0 Å². The zero-order valence-corrected chi connectivity index (χ0v) is 7.80. The van der Waals surface area contributed by atoms with Crippen LogP contribution in [0.2, 0.25) is 0 Å². The van der Waals surface area contributed by atoms with Gasteiger partial charge in [-0.25, -0.2) is 4.79 Å². The summed E-state index contributed by atoms with van der Waals surface area (Å²) in [5.74, 6) is -1.05. The maximum absolute atomic E-state index is 11.0. The molecular formula is C9H8O3S. The van der Waals surface area contributed by atoms with Crippen LogP contribution in [0.5, 0.6) is 0 Å². The molecule has 0 aliphatic carbocycles. The molecule has 0 unspecified atom stereocenters. The molecule has 0 aromatic carbocycles. The van der Waals surface area contributed by atoms with Crippen LogP contribution in [-0.4, -0.2) is 16.9 Å². The van der Waals surface area contributed by atoms with Gasteiger partial charge in [-0.3, -0.25) is 4.79 Å². The number of carbonyl (C=O) groups excluding carboxylic acids is 1. The van der Waals surface area contributed by atoms with Crippen molar-refractivity contribution in [1.29, 1.82) is 0 Å². The zero-order valence-electron chi connectivity index (χ0n) is 6.98. The summed E-state index contributed by atoms with van der Waals surface area (Å²) >= 11 is 1.32. The summed E-state index contributed by atoms with van der Waals surface area (Å²) < 4.78 is 0. The van der Waals surface area contributed by atoms with Crippen LogP contribution in [0.1, 0.15) is 22.2 Å². The number of carboxylic acid groups (broad SMARTS) is 1. The molecule has 1 heterocycles. The number of aliphatic carboxylic acids is 1. The largest absolute Gasteiger partial charge is 0.478 e. The Morgan fingerprint density at radius 2 is 2.23 bits per heavy atom. The molecule has 0 atom stereocenters. The van der Waals surface area contributed by atoms with Gasteiger partial charge in [-0.2, -0.15) is 0 Å². The molecule has 1 aromatic rings. The molecule has 0 saturated carbocycles. The molecule has 1 rings (SSSR count). The first kappa shape index (κ1) is 9.67. The van der Waals surface area contributed by atoms with Crippen LogP contribution in [0.15, 0.2) is 17.5 Å². The van der Waals surface area contributed by atoms with E-state index in [2.05, 4.69) is 0 Å². The fourth-order valence-electron chi connectivity index (χ4n) is 0.898. The van der Waals surface area contributed by atoms with E-state index < -0.39 is 5.97 Å². The second-order valence-electron chi connectivity index (χ2n) is 2.43. The summed E-state index contributed by atoms with van der Waals surface area (Å²) in [5, 5.41) is 10.1. The number of thiophene rings is 1. The van der Waals surface area contributed by atoms with E-state index in [1.54, 1.807) is 11.4 Å². The fraction of sp³-hybridized carbons (Fsp3) is 0.111. The predicted octanol–water partition coefficient (Wildman–Crippen LogP) is 2.05. The number of carbonyl (C=O) groups is 2. The number of rotatable bonds is 3. The molecule has 0 aliphatic heterocycles. The van der Waals surface area contributed by atoms with Gasteiger partial charge in [-0.1, -0.05) is 0 Å². The first-order valence-corrected chi connectivity index (χ1v) is 4.48. The summed E-state index contributed by atoms with van der Waals surface area (Å²) in [6.07, 6.45) is 2.45. The van der Waals surface area contributed by atoms with Crippen LogP contribution < -0.4 is 0 Å². The Labute approximate surface area is 79.3 Å². The smallest absolute Gasteiger partial charge is 0.328 e. The van der Waals surface area contributed by atoms with Crippen molar-refractivity contribution < 1.29 is 14.7 Å². The van der Waals surface area contributed by atoms with E-state index in [0.717, 1.165) is 6.08 Å². The third kappa shape index (κ3) is 2.52. The Morgan fingerprint density at radius 1 is 1.54 bits per heavy atom. The highest BCUT2D eigenvalue weighted by Gasteiger charge is 2.05. The molecule has 68 valence electrons. The fourth-order valence-corrected chi connectivity index (χ4v) is 1.69. The standard InChI is InChI=1S/C9H8O3S/c1-6(10)9-7(4-5-13-9)2-3-8(11)12/h2-5H,1H3,(H,11,12). The van der Waals surface area contributed by atoms with E-state index >= 15 is 0 Å². The SMILES string of the molecule is CC(=O)c1sccc1C=CC(=O)O. The molecule has 0 radical (unpaired) electrons. The Morgan fingerprint density at radius 3 is 2.77 bits per heavy atom. The lowest BCUT2D eigenvalue weighted by molar-refractivity contribution is -0.131. The van der Waals surface area contributed by atoms with E-state index in [1.165, 1.54) is 24.3 Å². The summed E-state index contributed by atoms with van der Waals surface area (Å²) in [6, 6.07) is 1.72. The van der Waals surface area contributed by atoms with E-state index in [0.29, 0.717) is 10.4 Å². The van der Waals surface area contributed by atoms with Gasteiger partial charge in [0.2, 0.25) is 0 Å². The first-order valence-electron chi connectivity index (χ1n) is 3.60. The summed E-state index contributed by atoms with van der Waals surface area (Å²) in [5.41, 5.74) is 0.667. The summed E-state index contributed by atoms with van der Waals surface area (Å²) in [6.45, 7) is 1.46. The maximum Gasteiger partial charge on any atom is 0.328 e. The molecule has 13 heavy (non-hydrogen) atoms. The summed E-state index contributed by atoms with van der Waals surface area (Å²) in [4.78, 5) is 21.8. The predicted molar refractivity (Wildman–Crippen MR) is 51.0 cm³/mol. The van der Waals surface area contributed by atoms with Crippen molar-refractivity contribution in [2.45, 2.75) is 6.92 Å². The lowest BCUT2D eigenvalue weighted by Gasteiger charge is -1.90. The highest BCUT2D eigenvalue weighted by molar-refractivity contribution is 7.12. The Bertz CT molecular complexity index is 363. The molecule has 1 N–H and O–H groups in total. The van der Waals surface area contributed by atoms with Crippen molar-refractivity contribution in [2.75, 3.05) is 0 Å². The summed E-state index contributed by atoms with van der Waals surface area (Å²) in [7, 11) is 0. The molecule has 1 aromatic heterocycles. The van der Waals surface area contributed by atoms with Crippen molar-refractivity contribution in [2.24, 2.45) is 0 Å². The minimum absolute atomic E-state index is 0.0416. The average Bonchev–Trinajstić information content (AvgIpc) is 2.47. The number of ketones is 1. The molecule has 0 spiro atoms. The molecule has 3 nitrogen and oxygen atoms in total. The lowest BCUT2D eigenvalue weighted by atomic mass is 10.2. The topological polar surface area (TPSA) is 54.4 Å². The Kier molecular flexibility index (Phi) is 2.97. The third-order valence-electron chi connectivity index (χ3n) is 1.42. The first-order chi connectivity index (χ1) is 6.11. The second-order valence-corrected chi connectivity index (χ2v) is 3.35. The molecule has 0 fully saturated rings. The van der Waals surface area contributed by atoms with Gasteiger partial charge in [0, 0.05) is 6.08 Å². The molecule has 0 amide bonds. The van der Waals surface area contributed by atoms with Crippen LogP contribution in [0, 0.1) is 0 Å². The van der Waals surface area contributed by atoms with E-state index in [9.17, 15) is 9.59 Å². The molecule has 0 bridgehead atoms. The van der Waals surface area contributed by atoms with Gasteiger partial charge in [-0.15, -0.1) is 11.3 Å². The Balaban J connectivity index is 2.95. The zero-order chi connectivity index (χ0) is 9.84. The highest BCUT2D eigenvalue weighted by atomic mass is 32.1. The van der Waals surface area contributed by atoms with Gasteiger partial charge < -0.3 is 5.11 Å². The minimum Gasteiger partial charge on any atom is -0.478 e. The van der Waals surface area contributed by atoms with Crippen molar-refractivity contribution in [3.05, 3.63) is 28.0 Å². The maximum atomic E-state index is 11.0. The van der Waals surface area contributed by atoms with Crippen molar-refractivity contribution in [3.63, 3.8) is 0 Å². The van der Waals surface area contributed by atoms with Crippen LogP contribution in [0.3, 0.4) is 0 Å². The molecule has 4 heteroatoms. The van der Waals surface area contributed by atoms with Crippen molar-refractivity contribution >= 4 is 29.2 Å². The van der Waals surface area contributed by atoms with Crippen LogP contribution in [0.25, 0.3) is 6.08 Å². The van der Waals surface area contributed by atoms with Crippen LogP contribution in [0.4, 0.5) is 0 Å². The van der Waals surface area contributed by atoms with Gasteiger partial charge in [0.15, 0.2) is 5.78 Å². The minimum atomic E-state index is -1.01. The van der Waals surface area contributed by atoms with Gasteiger partial charge in [-0.05, 0) is 30.0 Å². The molecular weight excluding hydrogens is 188 g/mol. The quantitative estimate of drug-likeness (QED) is 0.594. The lowest BCUT2D eigenvalue weighted by Crippen LogP contribution is -1.90.